The fourth-order valence-corrected chi connectivity index (χ4v) is 5.54. The Morgan fingerprint density at radius 1 is 1.15 bits per heavy atom. The van der Waals surface area contributed by atoms with Gasteiger partial charge in [-0.05, 0) is 64.9 Å². The zero-order valence-corrected chi connectivity index (χ0v) is 22.8. The van der Waals surface area contributed by atoms with Crippen LogP contribution in [0.5, 0.6) is 0 Å². The third-order valence-corrected chi connectivity index (χ3v) is 7.54. The molecule has 210 valence electrons. The van der Waals surface area contributed by atoms with Crippen LogP contribution in [-0.4, -0.2) is 49.9 Å². The van der Waals surface area contributed by atoms with Crippen molar-refractivity contribution in [3.05, 3.63) is 99.3 Å². The highest BCUT2D eigenvalue weighted by molar-refractivity contribution is 8.18. The maximum Gasteiger partial charge on any atom is 0.416 e. The number of carbonyl (C=O) groups is 3. The Morgan fingerprint density at radius 2 is 1.95 bits per heavy atom. The molecule has 1 atom stereocenters. The van der Waals surface area contributed by atoms with E-state index < -0.39 is 34.9 Å². The highest BCUT2D eigenvalue weighted by Crippen LogP contribution is 2.36. The second-order valence-electron chi connectivity index (χ2n) is 9.08. The molecule has 2 aromatic heterocycles. The van der Waals surface area contributed by atoms with Crippen LogP contribution in [0.3, 0.4) is 0 Å². The van der Waals surface area contributed by atoms with Crippen LogP contribution >= 0.6 is 23.4 Å². The molecule has 4 aromatic rings. The average Bonchev–Trinajstić information content (AvgIpc) is 3.46. The van der Waals surface area contributed by atoms with Gasteiger partial charge >= 0.3 is 12.1 Å². The van der Waals surface area contributed by atoms with Crippen molar-refractivity contribution in [1.82, 2.24) is 19.7 Å². The van der Waals surface area contributed by atoms with Crippen LogP contribution in [0.1, 0.15) is 22.3 Å². The summed E-state index contributed by atoms with van der Waals surface area (Å²) in [5, 5.41) is 4.23. The predicted molar refractivity (Wildman–Crippen MR) is 147 cm³/mol. The first-order valence-electron chi connectivity index (χ1n) is 12.1. The first-order chi connectivity index (χ1) is 19.5. The number of benzene rings is 2. The molecule has 5 rings (SSSR count). The number of amides is 2. The van der Waals surface area contributed by atoms with E-state index in [1.165, 1.54) is 42.4 Å². The van der Waals surface area contributed by atoms with E-state index in [9.17, 15) is 27.6 Å². The number of pyridine rings is 1. The quantitative estimate of drug-likeness (QED) is 0.190. The van der Waals surface area contributed by atoms with Crippen molar-refractivity contribution in [2.24, 2.45) is 0 Å². The molecule has 8 nitrogen and oxygen atoms in total. The van der Waals surface area contributed by atoms with Crippen LogP contribution in [0.2, 0.25) is 5.02 Å². The molecule has 0 aliphatic carbocycles. The molecule has 0 N–H and O–H groups in total. The van der Waals surface area contributed by atoms with E-state index in [0.717, 1.165) is 11.0 Å². The van der Waals surface area contributed by atoms with E-state index >= 15 is 0 Å². The lowest BCUT2D eigenvalue weighted by Gasteiger charge is -2.22. The Bertz CT molecular complexity index is 1690. The number of halogens is 4. The van der Waals surface area contributed by atoms with Crippen molar-refractivity contribution in [3.8, 4) is 0 Å². The molecule has 1 fully saturated rings. The Labute approximate surface area is 240 Å². The number of methoxy groups -OCH3 is 1. The lowest BCUT2D eigenvalue weighted by Crippen LogP contribution is -2.45. The first-order valence-corrected chi connectivity index (χ1v) is 13.3. The van der Waals surface area contributed by atoms with Gasteiger partial charge in [0.1, 0.15) is 6.04 Å². The zero-order valence-electron chi connectivity index (χ0n) is 21.3. The lowest BCUT2D eigenvalue weighted by atomic mass is 10.1. The Hall–Kier alpha value is -4.16. The summed E-state index contributed by atoms with van der Waals surface area (Å²) < 4.78 is 46.9. The summed E-state index contributed by atoms with van der Waals surface area (Å²) in [4.78, 5) is 43.6. The van der Waals surface area contributed by atoms with Crippen LogP contribution in [0, 0.1) is 0 Å². The molecule has 13 heteroatoms. The van der Waals surface area contributed by atoms with Gasteiger partial charge in [0.2, 0.25) is 0 Å². The second kappa shape index (κ2) is 11.4. The first kappa shape index (κ1) is 28.4. The highest BCUT2D eigenvalue weighted by Gasteiger charge is 2.43. The van der Waals surface area contributed by atoms with E-state index in [1.54, 1.807) is 36.5 Å². The molecule has 41 heavy (non-hydrogen) atoms. The minimum absolute atomic E-state index is 0.0103. The summed E-state index contributed by atoms with van der Waals surface area (Å²) in [5.74, 6) is -1.38. The lowest BCUT2D eigenvalue weighted by molar-refractivity contribution is -0.148. The number of ether oxygens (including phenoxy) is 1. The third-order valence-electron chi connectivity index (χ3n) is 6.42. The maximum atomic E-state index is 13.5. The van der Waals surface area contributed by atoms with Crippen molar-refractivity contribution >= 4 is 57.5 Å². The number of hydrogen-bond acceptors (Lipinski definition) is 7. The second-order valence-corrected chi connectivity index (χ2v) is 10.5. The Morgan fingerprint density at radius 3 is 2.66 bits per heavy atom. The molecule has 2 amide bonds. The fourth-order valence-electron chi connectivity index (χ4n) is 4.49. The molecule has 3 heterocycles. The average molecular weight is 601 g/mol. The number of hydrogen-bond donors (Lipinski definition) is 0. The number of esters is 1. The number of carbonyl (C=O) groups excluding carboxylic acids is 3. The van der Waals surface area contributed by atoms with Gasteiger partial charge in [-0.1, -0.05) is 29.8 Å². The van der Waals surface area contributed by atoms with Gasteiger partial charge in [0, 0.05) is 29.2 Å². The highest BCUT2D eigenvalue weighted by atomic mass is 35.5. The maximum absolute atomic E-state index is 13.5. The van der Waals surface area contributed by atoms with E-state index in [1.807, 2.05) is 0 Å². The van der Waals surface area contributed by atoms with Gasteiger partial charge in [0.15, 0.2) is 0 Å². The third kappa shape index (κ3) is 5.98. The molecule has 1 aliphatic heterocycles. The van der Waals surface area contributed by atoms with Crippen molar-refractivity contribution in [3.63, 3.8) is 0 Å². The van der Waals surface area contributed by atoms with Gasteiger partial charge in [-0.3, -0.25) is 24.2 Å². The molecular weight excluding hydrogens is 581 g/mol. The smallest absolute Gasteiger partial charge is 0.416 e. The zero-order chi connectivity index (χ0) is 29.3. The van der Waals surface area contributed by atoms with Crippen LogP contribution < -0.4 is 0 Å². The van der Waals surface area contributed by atoms with Gasteiger partial charge in [0.05, 0.1) is 35.8 Å². The molecule has 0 radical (unpaired) electrons. The van der Waals surface area contributed by atoms with Crippen LogP contribution in [0.25, 0.3) is 17.0 Å². The van der Waals surface area contributed by atoms with Crippen molar-refractivity contribution in [2.75, 3.05) is 7.11 Å². The molecule has 0 spiro atoms. The summed E-state index contributed by atoms with van der Waals surface area (Å²) in [6.45, 7) is -0.139. The molecule has 1 aliphatic rings. The molecule has 0 bridgehead atoms. The Balaban J connectivity index is 1.40. The van der Waals surface area contributed by atoms with Crippen molar-refractivity contribution < 1.29 is 32.3 Å². The standard InChI is InChI=1S/C28H20ClF3N4O4S/c1-40-26(38)23(10-17-3-2-8-33-13-17)36-25(37)24(41-27(36)39)11-16-4-7-22-19(9-16)14-34-35(22)15-18-5-6-20(29)12-21(18)28(30,31)32/h2-9,11-14,23H,10,15H2,1H3/b24-11-. The summed E-state index contributed by atoms with van der Waals surface area (Å²) in [6.07, 6.45) is 1.59. The van der Waals surface area contributed by atoms with Crippen molar-refractivity contribution in [1.29, 1.82) is 0 Å². The summed E-state index contributed by atoms with van der Waals surface area (Å²) in [5.41, 5.74) is 0.952. The number of nitrogens with zero attached hydrogens (tertiary/aromatic N) is 4. The minimum atomic E-state index is -4.58. The summed E-state index contributed by atoms with van der Waals surface area (Å²) >= 11 is 6.49. The molecular formula is C28H20ClF3N4O4S. The minimum Gasteiger partial charge on any atom is -0.467 e. The van der Waals surface area contributed by atoms with Crippen LogP contribution in [0.4, 0.5) is 18.0 Å². The largest absolute Gasteiger partial charge is 0.467 e. The number of aromatic nitrogens is 3. The van der Waals surface area contributed by atoms with E-state index in [4.69, 9.17) is 16.3 Å². The molecule has 1 saturated heterocycles. The van der Waals surface area contributed by atoms with Crippen LogP contribution in [0.15, 0.2) is 72.0 Å². The van der Waals surface area contributed by atoms with E-state index in [2.05, 4.69) is 10.1 Å². The van der Waals surface area contributed by atoms with Crippen LogP contribution in [-0.2, 0) is 33.5 Å². The summed E-state index contributed by atoms with van der Waals surface area (Å²) in [7, 11) is 1.18. The number of fused-ring (bicyclic) bond motifs is 1. The number of thioether (sulfide) groups is 1. The Kier molecular flexibility index (Phi) is 7.87. The SMILES string of the molecule is COC(=O)C(Cc1cccnc1)N1C(=O)S/C(=C\c2ccc3c(cnn3Cc3ccc(Cl)cc3C(F)(F)F)c2)C1=O. The monoisotopic (exact) mass is 600 g/mol. The van der Waals surface area contributed by atoms with Gasteiger partial charge in [-0.2, -0.15) is 18.3 Å². The van der Waals surface area contributed by atoms with Gasteiger partial charge < -0.3 is 4.74 Å². The number of alkyl halides is 3. The normalized spacial score (nSPS) is 15.6. The molecule has 2 aromatic carbocycles. The van der Waals surface area contributed by atoms with Gasteiger partial charge in [-0.25, -0.2) is 4.79 Å². The van der Waals surface area contributed by atoms with Gasteiger partial charge in [-0.15, -0.1) is 0 Å². The van der Waals surface area contributed by atoms with Crippen molar-refractivity contribution in [2.45, 2.75) is 25.2 Å². The fraction of sp³-hybridized carbons (Fsp3) is 0.179. The number of imide groups is 1. The van der Waals surface area contributed by atoms with E-state index in [0.29, 0.717) is 33.8 Å². The topological polar surface area (TPSA) is 94.4 Å². The van der Waals surface area contributed by atoms with Gasteiger partial charge in [0.25, 0.3) is 11.1 Å². The summed E-state index contributed by atoms with van der Waals surface area (Å²) in [6, 6.07) is 10.9. The molecule has 1 unspecified atom stereocenters. The predicted octanol–water partition coefficient (Wildman–Crippen LogP) is 5.97. The molecule has 0 saturated carbocycles. The number of rotatable bonds is 7. The van der Waals surface area contributed by atoms with E-state index in [-0.39, 0.29) is 28.5 Å².